The highest BCUT2D eigenvalue weighted by Crippen LogP contribution is 2.25. The first-order valence-corrected chi connectivity index (χ1v) is 7.90. The number of hydrogen-bond acceptors (Lipinski definition) is 3. The maximum atomic E-state index is 13.0. The Kier molecular flexibility index (Phi) is 4.02. The van der Waals surface area contributed by atoms with E-state index in [0.717, 1.165) is 0 Å². The Morgan fingerprint density at radius 2 is 2.16 bits per heavy atom. The molecule has 0 aliphatic carbocycles. The zero-order chi connectivity index (χ0) is 14.2. The summed E-state index contributed by atoms with van der Waals surface area (Å²) < 4.78 is 41.3. The Bertz CT molecular complexity index is 732. The maximum absolute atomic E-state index is 13.0. The Balaban J connectivity index is 2.39. The molecule has 0 aliphatic rings. The monoisotopic (exact) mass is 415 g/mol. The van der Waals surface area contributed by atoms with Gasteiger partial charge in [-0.2, -0.15) is 8.42 Å². The second-order valence-electron chi connectivity index (χ2n) is 3.68. The molecular weight excluding hydrogens is 408 g/mol. The third kappa shape index (κ3) is 3.00. The molecule has 102 valence electrons. The summed E-state index contributed by atoms with van der Waals surface area (Å²) >= 11 is 7.68. The van der Waals surface area contributed by atoms with E-state index in [1.807, 2.05) is 22.6 Å². The SMILES string of the molecule is Cn1cnc(S(=O)(=O)Nc2ccc(F)cc2I)c1Cl. The van der Waals surface area contributed by atoms with Gasteiger partial charge in [-0.3, -0.25) is 4.72 Å². The number of aryl methyl sites for hydroxylation is 1. The van der Waals surface area contributed by atoms with Crippen LogP contribution in [-0.2, 0) is 17.1 Å². The topological polar surface area (TPSA) is 64.0 Å². The molecule has 0 atom stereocenters. The van der Waals surface area contributed by atoms with Gasteiger partial charge in [-0.15, -0.1) is 0 Å². The van der Waals surface area contributed by atoms with E-state index in [4.69, 9.17) is 11.6 Å². The molecular formula is C10H8ClFIN3O2S. The van der Waals surface area contributed by atoms with Gasteiger partial charge in [-0.05, 0) is 40.8 Å². The number of nitrogens with one attached hydrogen (secondary N) is 1. The summed E-state index contributed by atoms with van der Waals surface area (Å²) in [6.07, 6.45) is 1.30. The number of halogens is 3. The van der Waals surface area contributed by atoms with Crippen molar-refractivity contribution in [3.8, 4) is 0 Å². The second kappa shape index (κ2) is 5.25. The number of nitrogens with zero attached hydrogens (tertiary/aromatic N) is 2. The van der Waals surface area contributed by atoms with Crippen LogP contribution in [0, 0.1) is 9.39 Å². The fraction of sp³-hybridized carbons (Fsp3) is 0.100. The van der Waals surface area contributed by atoms with Crippen molar-refractivity contribution in [1.29, 1.82) is 0 Å². The van der Waals surface area contributed by atoms with Crippen LogP contribution in [0.3, 0.4) is 0 Å². The fourth-order valence-electron chi connectivity index (χ4n) is 1.34. The number of anilines is 1. The number of sulfonamides is 1. The average molecular weight is 416 g/mol. The van der Waals surface area contributed by atoms with Crippen LogP contribution < -0.4 is 4.72 Å². The molecule has 1 heterocycles. The van der Waals surface area contributed by atoms with Crippen molar-refractivity contribution in [2.45, 2.75) is 5.03 Å². The summed E-state index contributed by atoms with van der Waals surface area (Å²) in [6.45, 7) is 0. The van der Waals surface area contributed by atoms with Crippen LogP contribution in [0.15, 0.2) is 29.6 Å². The summed E-state index contributed by atoms with van der Waals surface area (Å²) in [7, 11) is -2.32. The highest BCUT2D eigenvalue weighted by Gasteiger charge is 2.23. The molecule has 0 bridgehead atoms. The van der Waals surface area contributed by atoms with Gasteiger partial charge in [0, 0.05) is 10.6 Å². The van der Waals surface area contributed by atoms with E-state index in [2.05, 4.69) is 9.71 Å². The highest BCUT2D eigenvalue weighted by atomic mass is 127. The third-order valence-corrected chi connectivity index (χ3v) is 5.01. The molecule has 1 aromatic heterocycles. The van der Waals surface area contributed by atoms with Crippen LogP contribution in [0.25, 0.3) is 0 Å². The predicted molar refractivity (Wildman–Crippen MR) is 78.1 cm³/mol. The molecule has 9 heteroatoms. The van der Waals surface area contributed by atoms with Gasteiger partial charge in [0.05, 0.1) is 12.0 Å². The van der Waals surface area contributed by atoms with Gasteiger partial charge in [0.1, 0.15) is 11.0 Å². The van der Waals surface area contributed by atoms with E-state index in [1.54, 1.807) is 7.05 Å². The van der Waals surface area contributed by atoms with E-state index < -0.39 is 15.8 Å². The van der Waals surface area contributed by atoms with Gasteiger partial charge in [0.15, 0.2) is 0 Å². The first kappa shape index (κ1) is 14.5. The highest BCUT2D eigenvalue weighted by molar-refractivity contribution is 14.1. The molecule has 1 aromatic carbocycles. The summed E-state index contributed by atoms with van der Waals surface area (Å²) in [5, 5.41) is -0.263. The summed E-state index contributed by atoms with van der Waals surface area (Å²) in [4.78, 5) is 3.73. The van der Waals surface area contributed by atoms with E-state index >= 15 is 0 Å². The van der Waals surface area contributed by atoms with Crippen molar-refractivity contribution in [3.63, 3.8) is 0 Å². The maximum Gasteiger partial charge on any atom is 0.282 e. The summed E-state index contributed by atoms with van der Waals surface area (Å²) in [6, 6.07) is 3.73. The van der Waals surface area contributed by atoms with Crippen LogP contribution >= 0.6 is 34.2 Å². The summed E-state index contributed by atoms with van der Waals surface area (Å²) in [5.74, 6) is -0.441. The molecule has 1 N–H and O–H groups in total. The fourth-order valence-corrected chi connectivity index (χ4v) is 3.65. The molecule has 0 spiro atoms. The van der Waals surface area contributed by atoms with Crippen LogP contribution in [-0.4, -0.2) is 18.0 Å². The standard InChI is InChI=1S/C10H8ClFIN3O2S/c1-16-5-14-10(9(16)11)19(17,18)15-8-3-2-6(12)4-7(8)13/h2-5,15H,1H3. The lowest BCUT2D eigenvalue weighted by molar-refractivity contribution is 0.598. The van der Waals surface area contributed by atoms with Gasteiger partial charge >= 0.3 is 0 Å². The van der Waals surface area contributed by atoms with Crippen molar-refractivity contribution < 1.29 is 12.8 Å². The molecule has 0 radical (unpaired) electrons. The van der Waals surface area contributed by atoms with E-state index in [1.165, 1.54) is 29.1 Å². The van der Waals surface area contributed by atoms with Gasteiger partial charge in [-0.1, -0.05) is 11.6 Å². The zero-order valence-electron chi connectivity index (χ0n) is 9.56. The molecule has 0 fully saturated rings. The molecule has 0 unspecified atom stereocenters. The molecule has 0 saturated heterocycles. The van der Waals surface area contributed by atoms with Crippen molar-refractivity contribution >= 4 is 49.9 Å². The lowest BCUT2D eigenvalue weighted by Crippen LogP contribution is -2.15. The van der Waals surface area contributed by atoms with Crippen LogP contribution in [0.2, 0.25) is 5.15 Å². The summed E-state index contributed by atoms with van der Waals surface area (Å²) in [5.41, 5.74) is 0.267. The van der Waals surface area contributed by atoms with Crippen molar-refractivity contribution in [3.05, 3.63) is 39.1 Å². The predicted octanol–water partition coefficient (Wildman–Crippen LogP) is 2.62. The van der Waals surface area contributed by atoms with E-state index in [-0.39, 0.29) is 15.9 Å². The van der Waals surface area contributed by atoms with E-state index in [0.29, 0.717) is 3.57 Å². The minimum absolute atomic E-state index is 0.00428. The van der Waals surface area contributed by atoms with Crippen LogP contribution in [0.5, 0.6) is 0 Å². The molecule has 19 heavy (non-hydrogen) atoms. The Labute approximate surface area is 128 Å². The first-order chi connectivity index (χ1) is 8.81. The van der Waals surface area contributed by atoms with E-state index in [9.17, 15) is 12.8 Å². The first-order valence-electron chi connectivity index (χ1n) is 4.96. The van der Waals surface area contributed by atoms with Crippen LogP contribution in [0.1, 0.15) is 0 Å². The van der Waals surface area contributed by atoms with Crippen molar-refractivity contribution in [2.75, 3.05) is 4.72 Å². The molecule has 2 aromatic rings. The van der Waals surface area contributed by atoms with Gasteiger partial charge in [0.25, 0.3) is 10.0 Å². The normalized spacial score (nSPS) is 11.6. The second-order valence-corrected chi connectivity index (χ2v) is 6.80. The quantitative estimate of drug-likeness (QED) is 0.784. The number of aromatic nitrogens is 2. The molecule has 5 nitrogen and oxygen atoms in total. The third-order valence-electron chi connectivity index (χ3n) is 2.26. The number of imidazole rings is 1. The molecule has 0 saturated carbocycles. The van der Waals surface area contributed by atoms with Gasteiger partial charge < -0.3 is 4.57 Å². The average Bonchev–Trinajstić information content (AvgIpc) is 2.64. The minimum atomic E-state index is -3.90. The van der Waals surface area contributed by atoms with Crippen molar-refractivity contribution in [1.82, 2.24) is 9.55 Å². The molecule has 0 aliphatic heterocycles. The smallest absolute Gasteiger partial charge is 0.282 e. The Morgan fingerprint density at radius 3 is 2.68 bits per heavy atom. The van der Waals surface area contributed by atoms with Crippen molar-refractivity contribution in [2.24, 2.45) is 7.05 Å². The number of rotatable bonds is 3. The molecule has 2 rings (SSSR count). The lowest BCUT2D eigenvalue weighted by atomic mass is 10.3. The van der Waals surface area contributed by atoms with Crippen LogP contribution in [0.4, 0.5) is 10.1 Å². The Hall–Kier alpha value is -0.870. The number of hydrogen-bond donors (Lipinski definition) is 1. The van der Waals surface area contributed by atoms with Gasteiger partial charge in [0.2, 0.25) is 5.03 Å². The minimum Gasteiger partial charge on any atom is -0.324 e. The van der Waals surface area contributed by atoms with Gasteiger partial charge in [-0.25, -0.2) is 9.37 Å². The lowest BCUT2D eigenvalue weighted by Gasteiger charge is -2.08. The molecule has 0 amide bonds. The zero-order valence-corrected chi connectivity index (χ0v) is 13.3. The largest absolute Gasteiger partial charge is 0.324 e. The Morgan fingerprint density at radius 1 is 1.47 bits per heavy atom. The number of benzene rings is 1.